The molecule has 1 aliphatic rings. The third-order valence-electron chi connectivity index (χ3n) is 4.31. The standard InChI is InChI=1S/C16H19N3O3/c1-11-6-7-18(8-14(11)20)15(21)9-19-10-17-13-5-3-2-4-12(13)16(19)22/h2-5,10-11,14,20H,6-9H2,1H3. The van der Waals surface area contributed by atoms with Crippen LogP contribution in [0.25, 0.3) is 10.9 Å². The van der Waals surface area contributed by atoms with Crippen LogP contribution in [-0.2, 0) is 11.3 Å². The van der Waals surface area contributed by atoms with Crippen LogP contribution in [0, 0.1) is 5.92 Å². The van der Waals surface area contributed by atoms with Gasteiger partial charge in [-0.15, -0.1) is 0 Å². The molecule has 0 aliphatic carbocycles. The van der Waals surface area contributed by atoms with Gasteiger partial charge in [0.15, 0.2) is 0 Å². The second-order valence-electron chi connectivity index (χ2n) is 5.87. The lowest BCUT2D eigenvalue weighted by molar-refractivity contribution is -0.136. The average Bonchev–Trinajstić information content (AvgIpc) is 2.53. The molecular formula is C16H19N3O3. The smallest absolute Gasteiger partial charge is 0.261 e. The van der Waals surface area contributed by atoms with E-state index in [1.807, 2.05) is 13.0 Å². The predicted molar refractivity (Wildman–Crippen MR) is 82.4 cm³/mol. The summed E-state index contributed by atoms with van der Waals surface area (Å²) in [5.74, 6) is 0.0410. The number of benzene rings is 1. The number of aliphatic hydroxyl groups excluding tert-OH is 1. The lowest BCUT2D eigenvalue weighted by atomic mass is 9.96. The average molecular weight is 301 g/mol. The van der Waals surface area contributed by atoms with Crippen molar-refractivity contribution < 1.29 is 9.90 Å². The SMILES string of the molecule is CC1CCN(C(=O)Cn2cnc3ccccc3c2=O)CC1O. The van der Waals surface area contributed by atoms with Crippen LogP contribution < -0.4 is 5.56 Å². The number of β-amino-alcohol motifs (C(OH)–C–C–N with tert-alkyl or cyclic N) is 1. The van der Waals surface area contributed by atoms with Crippen molar-refractivity contribution in [2.24, 2.45) is 5.92 Å². The second-order valence-corrected chi connectivity index (χ2v) is 5.87. The topological polar surface area (TPSA) is 75.4 Å². The van der Waals surface area contributed by atoms with Crippen LogP contribution in [-0.4, -0.2) is 44.7 Å². The summed E-state index contributed by atoms with van der Waals surface area (Å²) < 4.78 is 1.33. The van der Waals surface area contributed by atoms with Crippen LogP contribution in [0.5, 0.6) is 0 Å². The van der Waals surface area contributed by atoms with Crippen LogP contribution in [0.4, 0.5) is 0 Å². The van der Waals surface area contributed by atoms with Gasteiger partial charge in [0.25, 0.3) is 5.56 Å². The molecule has 1 amide bonds. The Morgan fingerprint density at radius 2 is 2.18 bits per heavy atom. The minimum absolute atomic E-state index is 0.0439. The van der Waals surface area contributed by atoms with E-state index in [4.69, 9.17) is 0 Å². The number of amides is 1. The summed E-state index contributed by atoms with van der Waals surface area (Å²) >= 11 is 0. The van der Waals surface area contributed by atoms with E-state index < -0.39 is 6.10 Å². The van der Waals surface area contributed by atoms with E-state index in [-0.39, 0.29) is 23.9 Å². The molecule has 2 atom stereocenters. The van der Waals surface area contributed by atoms with Crippen molar-refractivity contribution in [1.29, 1.82) is 0 Å². The first-order valence-electron chi connectivity index (χ1n) is 7.46. The molecule has 0 spiro atoms. The lowest BCUT2D eigenvalue weighted by Crippen LogP contribution is -2.47. The number of para-hydroxylation sites is 1. The molecule has 3 rings (SSSR count). The Labute approximate surface area is 128 Å². The number of aliphatic hydroxyl groups is 1. The molecule has 22 heavy (non-hydrogen) atoms. The molecule has 1 aliphatic heterocycles. The fourth-order valence-corrected chi connectivity index (χ4v) is 2.74. The Hall–Kier alpha value is -2.21. The van der Waals surface area contributed by atoms with E-state index in [0.29, 0.717) is 24.0 Å². The van der Waals surface area contributed by atoms with Crippen molar-refractivity contribution in [3.63, 3.8) is 0 Å². The summed E-state index contributed by atoms with van der Waals surface area (Å²) in [5.41, 5.74) is 0.406. The number of piperidine rings is 1. The van der Waals surface area contributed by atoms with Crippen LogP contribution in [0.3, 0.4) is 0 Å². The summed E-state index contributed by atoms with van der Waals surface area (Å²) in [6.07, 6.45) is 1.69. The number of hydrogen-bond donors (Lipinski definition) is 1. The largest absolute Gasteiger partial charge is 0.391 e. The van der Waals surface area contributed by atoms with Crippen molar-refractivity contribution >= 4 is 16.8 Å². The van der Waals surface area contributed by atoms with Gasteiger partial charge in [-0.1, -0.05) is 19.1 Å². The molecule has 1 fully saturated rings. The Balaban J connectivity index is 1.80. The molecule has 0 radical (unpaired) electrons. The highest BCUT2D eigenvalue weighted by Crippen LogP contribution is 2.17. The number of nitrogens with zero attached hydrogens (tertiary/aromatic N) is 3. The van der Waals surface area contributed by atoms with Crippen LogP contribution in [0.2, 0.25) is 0 Å². The fraction of sp³-hybridized carbons (Fsp3) is 0.438. The summed E-state index contributed by atoms with van der Waals surface area (Å²) in [4.78, 5) is 30.5. The summed E-state index contributed by atoms with van der Waals surface area (Å²) in [6, 6.07) is 7.07. The third-order valence-corrected chi connectivity index (χ3v) is 4.31. The molecule has 116 valence electrons. The highest BCUT2D eigenvalue weighted by Gasteiger charge is 2.27. The minimum Gasteiger partial charge on any atom is -0.391 e. The number of rotatable bonds is 2. The maximum absolute atomic E-state index is 12.4. The molecule has 1 aromatic carbocycles. The van der Waals surface area contributed by atoms with Crippen LogP contribution >= 0.6 is 0 Å². The number of likely N-dealkylation sites (tertiary alicyclic amines) is 1. The highest BCUT2D eigenvalue weighted by atomic mass is 16.3. The molecule has 0 saturated carbocycles. The van der Waals surface area contributed by atoms with Crippen molar-refractivity contribution in [2.75, 3.05) is 13.1 Å². The predicted octanol–water partition coefficient (Wildman–Crippen LogP) is 0.626. The van der Waals surface area contributed by atoms with Crippen molar-refractivity contribution in [1.82, 2.24) is 14.5 Å². The maximum Gasteiger partial charge on any atom is 0.261 e. The van der Waals surface area contributed by atoms with E-state index in [0.717, 1.165) is 6.42 Å². The Bertz CT molecular complexity index is 756. The van der Waals surface area contributed by atoms with E-state index >= 15 is 0 Å². The van der Waals surface area contributed by atoms with Crippen LogP contribution in [0.15, 0.2) is 35.4 Å². The number of hydrogen-bond acceptors (Lipinski definition) is 4. The van der Waals surface area contributed by atoms with Gasteiger partial charge in [-0.25, -0.2) is 4.98 Å². The molecule has 0 bridgehead atoms. The maximum atomic E-state index is 12.4. The third kappa shape index (κ3) is 2.74. The first kappa shape index (κ1) is 14.7. The number of fused-ring (bicyclic) bond motifs is 1. The normalized spacial score (nSPS) is 22.0. The molecule has 1 N–H and O–H groups in total. The second kappa shape index (κ2) is 5.88. The number of aromatic nitrogens is 2. The molecule has 1 aromatic heterocycles. The van der Waals surface area contributed by atoms with Gasteiger partial charge < -0.3 is 10.0 Å². The molecule has 6 nitrogen and oxygen atoms in total. The molecular weight excluding hydrogens is 282 g/mol. The Morgan fingerprint density at radius 1 is 1.41 bits per heavy atom. The van der Waals surface area contributed by atoms with Crippen molar-refractivity contribution in [3.05, 3.63) is 40.9 Å². The Morgan fingerprint density at radius 3 is 2.95 bits per heavy atom. The summed E-state index contributed by atoms with van der Waals surface area (Å²) in [5, 5.41) is 10.4. The molecule has 2 heterocycles. The summed E-state index contributed by atoms with van der Waals surface area (Å²) in [7, 11) is 0. The van der Waals surface area contributed by atoms with Gasteiger partial charge in [-0.3, -0.25) is 14.2 Å². The van der Waals surface area contributed by atoms with Crippen LogP contribution in [0.1, 0.15) is 13.3 Å². The van der Waals surface area contributed by atoms with Crippen molar-refractivity contribution in [3.8, 4) is 0 Å². The van der Waals surface area contributed by atoms with Gasteiger partial charge in [0.2, 0.25) is 5.91 Å². The molecule has 1 saturated heterocycles. The van der Waals surface area contributed by atoms with Gasteiger partial charge in [0, 0.05) is 13.1 Å². The first-order valence-corrected chi connectivity index (χ1v) is 7.46. The number of carbonyl (C=O) groups is 1. The molecule has 2 unspecified atom stereocenters. The van der Waals surface area contributed by atoms with Gasteiger partial charge in [0.05, 0.1) is 23.3 Å². The monoisotopic (exact) mass is 301 g/mol. The zero-order valence-electron chi connectivity index (χ0n) is 12.5. The van der Waals surface area contributed by atoms with Crippen molar-refractivity contribution in [2.45, 2.75) is 26.0 Å². The van der Waals surface area contributed by atoms with Gasteiger partial charge in [-0.2, -0.15) is 0 Å². The lowest BCUT2D eigenvalue weighted by Gasteiger charge is -2.34. The number of carbonyl (C=O) groups excluding carboxylic acids is 1. The Kier molecular flexibility index (Phi) is 3.94. The van der Waals surface area contributed by atoms with E-state index in [1.54, 1.807) is 23.1 Å². The minimum atomic E-state index is -0.496. The van der Waals surface area contributed by atoms with E-state index in [9.17, 15) is 14.7 Å². The zero-order valence-corrected chi connectivity index (χ0v) is 12.5. The van der Waals surface area contributed by atoms with Gasteiger partial charge >= 0.3 is 0 Å². The van der Waals surface area contributed by atoms with Gasteiger partial charge in [-0.05, 0) is 24.5 Å². The molecule has 2 aromatic rings. The fourth-order valence-electron chi connectivity index (χ4n) is 2.74. The quantitative estimate of drug-likeness (QED) is 0.882. The first-order chi connectivity index (χ1) is 10.6. The highest BCUT2D eigenvalue weighted by molar-refractivity contribution is 5.79. The molecule has 6 heteroatoms. The van der Waals surface area contributed by atoms with E-state index in [2.05, 4.69) is 4.98 Å². The summed E-state index contributed by atoms with van der Waals surface area (Å²) in [6.45, 7) is 2.88. The van der Waals surface area contributed by atoms with Gasteiger partial charge in [0.1, 0.15) is 6.54 Å². The van der Waals surface area contributed by atoms with E-state index in [1.165, 1.54) is 10.9 Å². The zero-order chi connectivity index (χ0) is 15.7.